The average molecular weight is 737 g/mol. The van der Waals surface area contributed by atoms with Crippen LogP contribution in [0.3, 0.4) is 0 Å². The van der Waals surface area contributed by atoms with Gasteiger partial charge in [0.15, 0.2) is 0 Å². The van der Waals surface area contributed by atoms with Crippen LogP contribution in [0.4, 0.5) is 0 Å². The molecule has 2 N–H and O–H groups in total. The maximum absolute atomic E-state index is 6.64. The molecule has 0 saturated carbocycles. The minimum atomic E-state index is -1.42. The van der Waals surface area contributed by atoms with Gasteiger partial charge in [0.05, 0.1) is 13.2 Å². The second kappa shape index (κ2) is 37.5. The quantitative estimate of drug-likeness (QED) is 0.0503. The summed E-state index contributed by atoms with van der Waals surface area (Å²) in [4.78, 5) is 0. The van der Waals surface area contributed by atoms with Gasteiger partial charge in [0.25, 0.3) is 5.91 Å². The zero-order valence-electron chi connectivity index (χ0n) is 32.7. The van der Waals surface area contributed by atoms with Crippen LogP contribution in [0.25, 0.3) is 0 Å². The van der Waals surface area contributed by atoms with Gasteiger partial charge < -0.3 is 18.9 Å². The normalized spacial score (nSPS) is 12.1. The summed E-state index contributed by atoms with van der Waals surface area (Å²) in [5.74, 6) is -2.57. The molecule has 47 heavy (non-hydrogen) atoms. The Morgan fingerprint density at radius 3 is 0.745 bits per heavy atom. The number of hydrogen-bond donors (Lipinski definition) is 1. The summed E-state index contributed by atoms with van der Waals surface area (Å²) < 4.78 is 23.5. The molecule has 0 radical (unpaired) electrons. The van der Waals surface area contributed by atoms with Crippen LogP contribution in [0, 0.1) is 0 Å². The van der Waals surface area contributed by atoms with Gasteiger partial charge in [-0.2, -0.15) is 0 Å². The minimum Gasteiger partial charge on any atom is -0.348 e. The van der Waals surface area contributed by atoms with E-state index >= 15 is 0 Å². The summed E-state index contributed by atoms with van der Waals surface area (Å²) in [6.45, 7) is 7.49. The molecule has 0 rings (SSSR count). The van der Waals surface area contributed by atoms with Crippen LogP contribution >= 0.6 is 17.0 Å². The monoisotopic (exact) mass is 736 g/mol. The molecule has 0 fully saturated rings. The van der Waals surface area contributed by atoms with Gasteiger partial charge in [0.2, 0.25) is 5.79 Å². The molecule has 0 atom stereocenters. The van der Waals surface area contributed by atoms with Gasteiger partial charge in [0, 0.05) is 14.2 Å². The molecule has 0 aromatic carbocycles. The van der Waals surface area contributed by atoms with Gasteiger partial charge in [-0.1, -0.05) is 206 Å². The Hall–Kier alpha value is 0.280. The van der Waals surface area contributed by atoms with Gasteiger partial charge in [0.1, 0.15) is 0 Å². The molecule has 0 spiro atoms. The number of halogens is 1. The van der Waals surface area contributed by atoms with E-state index in [1.54, 1.807) is 21.1 Å². The first kappa shape index (κ1) is 49.4. The summed E-state index contributed by atoms with van der Waals surface area (Å²) in [5, 5.41) is 0. The van der Waals surface area contributed by atoms with Gasteiger partial charge in [-0.15, -0.1) is 17.0 Å². The number of unbranched alkanes of at least 4 members (excludes halogenated alkanes) is 30. The smallest absolute Gasteiger partial charge is 0.281 e. The zero-order valence-corrected chi connectivity index (χ0v) is 34.4. The van der Waals surface area contributed by atoms with E-state index in [1.165, 1.54) is 180 Å². The van der Waals surface area contributed by atoms with E-state index in [0.29, 0.717) is 13.2 Å². The van der Waals surface area contributed by atoms with Crippen molar-refractivity contribution in [1.29, 1.82) is 0 Å². The van der Waals surface area contributed by atoms with E-state index in [-0.39, 0.29) is 17.0 Å². The Kier molecular flexibility index (Phi) is 39.4. The topological polar surface area (TPSA) is 62.9 Å². The highest BCUT2D eigenvalue weighted by atomic mass is 79.9. The number of nitrogens with two attached hydrogens (primary N) is 1. The van der Waals surface area contributed by atoms with E-state index in [2.05, 4.69) is 13.8 Å². The standard InChI is InChI=1S/C41H85NO4.BrH/c1-6-8-10-12-14-16-18-20-22-24-26-28-30-32-34-36-38-45-41(42,40(3,43-4)44-5)46-39-37-35-33-31-29-27-25-23-21-19-17-15-13-11-9-7-2;/h6-39,42H2,1-5H3;1H. The lowest BCUT2D eigenvalue weighted by atomic mass is 10.0. The molecular weight excluding hydrogens is 650 g/mol. The second-order valence-corrected chi connectivity index (χ2v) is 14.3. The van der Waals surface area contributed by atoms with Crippen molar-refractivity contribution in [3.8, 4) is 0 Å². The molecule has 0 aliphatic carbocycles. The molecule has 5 nitrogen and oxygen atoms in total. The van der Waals surface area contributed by atoms with Gasteiger partial charge in [-0.05, 0) is 19.8 Å². The lowest BCUT2D eigenvalue weighted by molar-refractivity contribution is -0.391. The molecular formula is C41H86BrNO4. The maximum atomic E-state index is 6.64. The Morgan fingerprint density at radius 1 is 0.362 bits per heavy atom. The summed E-state index contributed by atoms with van der Waals surface area (Å²) in [6, 6.07) is 0. The zero-order chi connectivity index (χ0) is 33.9. The van der Waals surface area contributed by atoms with Crippen LogP contribution in [0.15, 0.2) is 0 Å². The van der Waals surface area contributed by atoms with Crippen molar-refractivity contribution in [1.82, 2.24) is 0 Å². The number of hydrogen-bond acceptors (Lipinski definition) is 5. The largest absolute Gasteiger partial charge is 0.348 e. The fourth-order valence-corrected chi connectivity index (χ4v) is 6.42. The molecule has 0 amide bonds. The van der Waals surface area contributed by atoms with E-state index < -0.39 is 11.7 Å². The lowest BCUT2D eigenvalue weighted by Gasteiger charge is -2.42. The summed E-state index contributed by atoms with van der Waals surface area (Å²) in [6.07, 6.45) is 43.2. The van der Waals surface area contributed by atoms with E-state index in [1.807, 2.05) is 0 Å². The van der Waals surface area contributed by atoms with Crippen molar-refractivity contribution >= 4 is 17.0 Å². The predicted molar refractivity (Wildman–Crippen MR) is 211 cm³/mol. The average Bonchev–Trinajstić information content (AvgIpc) is 3.07. The summed E-state index contributed by atoms with van der Waals surface area (Å²) in [5.41, 5.74) is 6.64. The molecule has 0 aromatic heterocycles. The highest BCUT2D eigenvalue weighted by molar-refractivity contribution is 8.93. The van der Waals surface area contributed by atoms with Crippen molar-refractivity contribution in [3.63, 3.8) is 0 Å². The van der Waals surface area contributed by atoms with E-state index in [0.717, 1.165) is 25.7 Å². The maximum Gasteiger partial charge on any atom is 0.281 e. The molecule has 0 aliphatic heterocycles. The first-order valence-electron chi connectivity index (χ1n) is 20.7. The molecule has 0 aliphatic rings. The molecule has 0 unspecified atom stereocenters. The van der Waals surface area contributed by atoms with Crippen LogP contribution in [0.1, 0.15) is 226 Å². The molecule has 0 bridgehead atoms. The van der Waals surface area contributed by atoms with Gasteiger partial charge in [-0.3, -0.25) is 5.73 Å². The Labute approximate surface area is 306 Å². The Bertz CT molecular complexity index is 552. The van der Waals surface area contributed by atoms with Crippen molar-refractivity contribution in [2.45, 2.75) is 238 Å². The third-order valence-corrected chi connectivity index (χ3v) is 10.0. The predicted octanol–water partition coefficient (Wildman–Crippen LogP) is 13.7. The van der Waals surface area contributed by atoms with Crippen molar-refractivity contribution in [2.24, 2.45) is 5.73 Å². The molecule has 0 heterocycles. The SMILES string of the molecule is Br.CCCCCCCCCCCCCCCCCCOC(N)(OCCCCCCCCCCCCCCCCCC)C(C)(OC)OC. The molecule has 0 saturated heterocycles. The number of ether oxygens (including phenoxy) is 4. The van der Waals surface area contributed by atoms with Gasteiger partial charge >= 0.3 is 0 Å². The summed E-state index contributed by atoms with van der Waals surface area (Å²) in [7, 11) is 3.20. The Balaban J connectivity index is 0. The third kappa shape index (κ3) is 29.7. The van der Waals surface area contributed by atoms with E-state index in [9.17, 15) is 0 Å². The van der Waals surface area contributed by atoms with Crippen LogP contribution in [0.2, 0.25) is 0 Å². The van der Waals surface area contributed by atoms with Crippen molar-refractivity contribution in [2.75, 3.05) is 27.4 Å². The third-order valence-electron chi connectivity index (χ3n) is 10.0. The minimum absolute atomic E-state index is 0. The fourth-order valence-electron chi connectivity index (χ4n) is 6.42. The fraction of sp³-hybridized carbons (Fsp3) is 1.00. The second-order valence-electron chi connectivity index (χ2n) is 14.3. The van der Waals surface area contributed by atoms with Crippen LogP contribution in [-0.4, -0.2) is 39.1 Å². The highest BCUT2D eigenvalue weighted by Crippen LogP contribution is 2.28. The molecule has 286 valence electrons. The molecule has 0 aromatic rings. The first-order valence-corrected chi connectivity index (χ1v) is 20.7. The van der Waals surface area contributed by atoms with Crippen LogP contribution in [-0.2, 0) is 18.9 Å². The highest BCUT2D eigenvalue weighted by Gasteiger charge is 2.49. The van der Waals surface area contributed by atoms with Crippen molar-refractivity contribution in [3.05, 3.63) is 0 Å². The van der Waals surface area contributed by atoms with Crippen LogP contribution in [0.5, 0.6) is 0 Å². The number of rotatable bonds is 39. The van der Waals surface area contributed by atoms with E-state index in [4.69, 9.17) is 24.7 Å². The number of methoxy groups -OCH3 is 2. The Morgan fingerprint density at radius 2 is 0.553 bits per heavy atom. The molecule has 6 heteroatoms. The van der Waals surface area contributed by atoms with Crippen molar-refractivity contribution < 1.29 is 18.9 Å². The lowest BCUT2D eigenvalue weighted by Crippen LogP contribution is -2.64. The van der Waals surface area contributed by atoms with Gasteiger partial charge in [-0.25, -0.2) is 0 Å². The summed E-state index contributed by atoms with van der Waals surface area (Å²) >= 11 is 0. The first-order chi connectivity index (χ1) is 22.5. The van der Waals surface area contributed by atoms with Crippen LogP contribution < -0.4 is 5.73 Å².